The smallest absolute Gasteiger partial charge is 0.239 e. The van der Waals surface area contributed by atoms with Crippen LogP contribution in [-0.2, 0) is 33.8 Å². The predicted molar refractivity (Wildman–Crippen MR) is 140 cm³/mol. The number of anilines is 1. The number of rotatable bonds is 12. The maximum atomic E-state index is 12.5. The highest BCUT2D eigenvalue weighted by Crippen LogP contribution is 2.33. The van der Waals surface area contributed by atoms with Gasteiger partial charge in [-0.25, -0.2) is 9.97 Å². The highest BCUT2D eigenvalue weighted by molar-refractivity contribution is 8.00. The van der Waals surface area contributed by atoms with Crippen molar-refractivity contribution < 1.29 is 14.3 Å². The van der Waals surface area contributed by atoms with Crippen LogP contribution in [0.1, 0.15) is 61.6 Å². The van der Waals surface area contributed by atoms with Gasteiger partial charge in [-0.05, 0) is 52.0 Å². The van der Waals surface area contributed by atoms with E-state index in [1.54, 1.807) is 0 Å². The van der Waals surface area contributed by atoms with E-state index in [1.165, 1.54) is 11.8 Å². The van der Waals surface area contributed by atoms with E-state index in [2.05, 4.69) is 5.32 Å². The van der Waals surface area contributed by atoms with Gasteiger partial charge in [-0.15, -0.1) is 11.8 Å². The summed E-state index contributed by atoms with van der Waals surface area (Å²) in [5.74, 6) is 1.17. The third kappa shape index (κ3) is 8.30. The number of aryl methyl sites for hydroxylation is 1. The molecule has 1 aliphatic carbocycles. The molecule has 190 valence electrons. The normalized spacial score (nSPS) is 14.8. The van der Waals surface area contributed by atoms with Gasteiger partial charge >= 0.3 is 0 Å². The number of thioether (sulfide) groups is 1. The molecule has 1 aromatic carbocycles. The molecule has 0 aliphatic heterocycles. The van der Waals surface area contributed by atoms with E-state index in [4.69, 9.17) is 20.4 Å². The summed E-state index contributed by atoms with van der Waals surface area (Å²) in [5, 5.41) is 2.11. The van der Waals surface area contributed by atoms with Crippen LogP contribution in [0.15, 0.2) is 30.3 Å². The van der Waals surface area contributed by atoms with Gasteiger partial charge in [0.25, 0.3) is 0 Å². The van der Waals surface area contributed by atoms with Gasteiger partial charge in [0.2, 0.25) is 5.91 Å². The number of nitrogens with one attached hydrogen (secondary N) is 1. The van der Waals surface area contributed by atoms with Crippen LogP contribution in [0.5, 0.6) is 0 Å². The van der Waals surface area contributed by atoms with E-state index in [1.807, 2.05) is 63.1 Å². The molecule has 3 rings (SSSR count). The van der Waals surface area contributed by atoms with Crippen LogP contribution < -0.4 is 16.0 Å². The number of likely N-dealkylation sites (N-methyl/N-ethyl adjacent to an activating group) is 1. The molecule has 2 atom stereocenters. The lowest BCUT2D eigenvalue weighted by Gasteiger charge is -2.25. The molecule has 0 radical (unpaired) electrons. The number of carbonyl (C=O) groups excluding carboxylic acids is 2. The maximum Gasteiger partial charge on any atom is 0.239 e. The van der Waals surface area contributed by atoms with Crippen LogP contribution in [0.2, 0.25) is 0 Å². The Morgan fingerprint density at radius 3 is 2.69 bits per heavy atom. The highest BCUT2D eigenvalue weighted by Gasteiger charge is 2.26. The summed E-state index contributed by atoms with van der Waals surface area (Å²) in [6.45, 7) is 7.03. The monoisotopic (exact) mass is 499 g/mol. The van der Waals surface area contributed by atoms with E-state index in [0.717, 1.165) is 48.2 Å². The van der Waals surface area contributed by atoms with Crippen molar-refractivity contribution in [2.75, 3.05) is 25.1 Å². The quantitative estimate of drug-likeness (QED) is 0.260. The minimum atomic E-state index is -0.555. The molecule has 35 heavy (non-hydrogen) atoms. The number of benzene rings is 1. The van der Waals surface area contributed by atoms with Crippen molar-refractivity contribution in [3.05, 3.63) is 53.0 Å². The number of nitrogens with two attached hydrogens (primary N) is 1. The molecular weight excluding hydrogens is 462 g/mol. The molecule has 0 saturated heterocycles. The summed E-state index contributed by atoms with van der Waals surface area (Å²) in [7, 11) is 1.87. The molecule has 0 bridgehead atoms. The Morgan fingerprint density at radius 1 is 1.26 bits per heavy atom. The van der Waals surface area contributed by atoms with Crippen LogP contribution in [0.3, 0.4) is 0 Å². The third-order valence-corrected chi connectivity index (χ3v) is 6.77. The SMILES string of the molecule is CN(CC(=O)NC(C)(C)C)c1nc(C(N)SC(C=O)CCOCc2ccccc2)nc2c1CCC2. The minimum absolute atomic E-state index is 0.0675. The van der Waals surface area contributed by atoms with Crippen molar-refractivity contribution in [1.82, 2.24) is 15.3 Å². The van der Waals surface area contributed by atoms with Crippen LogP contribution in [0.25, 0.3) is 0 Å². The van der Waals surface area contributed by atoms with Crippen molar-refractivity contribution >= 4 is 29.8 Å². The Bertz CT molecular complexity index is 996. The third-order valence-electron chi connectivity index (χ3n) is 5.57. The average Bonchev–Trinajstić information content (AvgIpc) is 3.28. The average molecular weight is 500 g/mol. The largest absolute Gasteiger partial charge is 0.377 e. The molecule has 1 aromatic heterocycles. The number of aromatic nitrogens is 2. The Labute approximate surface area is 212 Å². The molecular formula is C26H37N5O3S. The van der Waals surface area contributed by atoms with Crippen molar-refractivity contribution in [2.24, 2.45) is 5.73 Å². The lowest BCUT2D eigenvalue weighted by atomic mass is 10.1. The Hall–Kier alpha value is -2.49. The molecule has 2 unspecified atom stereocenters. The standard InChI is InChI=1S/C26H37N5O3S/c1-26(2,3)30-22(33)15-31(4)25-20-11-8-12-21(20)28-24(29-25)23(27)35-19(16-32)13-14-34-17-18-9-6-5-7-10-18/h5-7,9-10,16,19,23H,8,11-15,17,27H2,1-4H3,(H,30,33). The van der Waals surface area contributed by atoms with Crippen LogP contribution in [0.4, 0.5) is 5.82 Å². The molecule has 0 saturated carbocycles. The van der Waals surface area contributed by atoms with E-state index in [9.17, 15) is 9.59 Å². The Balaban J connectivity index is 1.62. The molecule has 9 heteroatoms. The zero-order valence-electron chi connectivity index (χ0n) is 21.1. The maximum absolute atomic E-state index is 12.5. The van der Waals surface area contributed by atoms with Gasteiger partial charge in [0.1, 0.15) is 17.5 Å². The lowest BCUT2D eigenvalue weighted by molar-refractivity contribution is -0.121. The van der Waals surface area contributed by atoms with E-state index in [-0.39, 0.29) is 23.2 Å². The van der Waals surface area contributed by atoms with E-state index >= 15 is 0 Å². The predicted octanol–water partition coefficient (Wildman–Crippen LogP) is 3.18. The number of amides is 1. The molecule has 1 amide bonds. The van der Waals surface area contributed by atoms with Crippen molar-refractivity contribution in [3.63, 3.8) is 0 Å². The number of fused-ring (bicyclic) bond motifs is 1. The van der Waals surface area contributed by atoms with Gasteiger partial charge in [0, 0.05) is 30.5 Å². The molecule has 0 spiro atoms. The lowest BCUT2D eigenvalue weighted by Crippen LogP contribution is -2.45. The first-order valence-electron chi connectivity index (χ1n) is 12.1. The second-order valence-corrected chi connectivity index (χ2v) is 11.3. The molecule has 1 heterocycles. The van der Waals surface area contributed by atoms with Gasteiger partial charge in [-0.2, -0.15) is 0 Å². The van der Waals surface area contributed by atoms with Crippen LogP contribution in [0, 0.1) is 0 Å². The van der Waals surface area contributed by atoms with Gasteiger partial charge in [0.05, 0.1) is 18.4 Å². The molecule has 1 aliphatic rings. The van der Waals surface area contributed by atoms with Crippen LogP contribution in [-0.4, -0.2) is 53.1 Å². The summed E-state index contributed by atoms with van der Waals surface area (Å²) in [6, 6.07) is 9.93. The number of carbonyl (C=O) groups is 2. The second kappa shape index (κ2) is 12.5. The summed E-state index contributed by atoms with van der Waals surface area (Å²) in [4.78, 5) is 35.5. The highest BCUT2D eigenvalue weighted by atomic mass is 32.2. The summed E-state index contributed by atoms with van der Waals surface area (Å²) >= 11 is 1.34. The molecule has 0 fully saturated rings. The van der Waals surface area contributed by atoms with Gasteiger partial charge in [-0.1, -0.05) is 30.3 Å². The van der Waals surface area contributed by atoms with Crippen molar-refractivity contribution in [1.29, 1.82) is 0 Å². The molecule has 8 nitrogen and oxygen atoms in total. The minimum Gasteiger partial charge on any atom is -0.377 e. The molecule has 3 N–H and O–H groups in total. The van der Waals surface area contributed by atoms with Crippen molar-refractivity contribution in [3.8, 4) is 0 Å². The summed E-state index contributed by atoms with van der Waals surface area (Å²) in [5.41, 5.74) is 9.32. The number of hydrogen-bond acceptors (Lipinski definition) is 8. The van der Waals surface area contributed by atoms with Gasteiger partial charge in [-0.3, -0.25) is 4.79 Å². The first-order valence-corrected chi connectivity index (χ1v) is 13.0. The van der Waals surface area contributed by atoms with Gasteiger partial charge in [0.15, 0.2) is 5.82 Å². The summed E-state index contributed by atoms with van der Waals surface area (Å²) in [6.07, 6.45) is 4.21. The zero-order chi connectivity index (χ0) is 25.4. The first-order chi connectivity index (χ1) is 16.7. The number of ether oxygens (including phenoxy) is 1. The number of nitrogens with zero attached hydrogens (tertiary/aromatic N) is 3. The summed E-state index contributed by atoms with van der Waals surface area (Å²) < 4.78 is 5.73. The fourth-order valence-electron chi connectivity index (χ4n) is 4.00. The number of aldehydes is 1. The van der Waals surface area contributed by atoms with E-state index in [0.29, 0.717) is 25.5 Å². The first kappa shape index (κ1) is 27.1. The topological polar surface area (TPSA) is 110 Å². The van der Waals surface area contributed by atoms with Gasteiger partial charge < -0.3 is 25.5 Å². The Kier molecular flexibility index (Phi) is 9.65. The van der Waals surface area contributed by atoms with Crippen molar-refractivity contribution in [2.45, 2.75) is 69.2 Å². The fourth-order valence-corrected chi connectivity index (χ4v) is 4.90. The fraction of sp³-hybridized carbons (Fsp3) is 0.538. The second-order valence-electron chi connectivity index (χ2n) is 9.90. The Morgan fingerprint density at radius 2 is 2.00 bits per heavy atom. The zero-order valence-corrected chi connectivity index (χ0v) is 21.9. The number of hydrogen-bond donors (Lipinski definition) is 2. The van der Waals surface area contributed by atoms with Crippen LogP contribution >= 0.6 is 11.8 Å². The molecule has 2 aromatic rings. The van der Waals surface area contributed by atoms with E-state index < -0.39 is 5.37 Å².